The second-order valence-electron chi connectivity index (χ2n) is 4.91. The molecule has 0 saturated heterocycles. The average molecular weight is 355 g/mol. The van der Waals surface area contributed by atoms with Crippen molar-refractivity contribution in [2.24, 2.45) is 0 Å². The molecule has 0 aliphatic heterocycles. The Morgan fingerprint density at radius 1 is 1.13 bits per heavy atom. The molecule has 0 aliphatic carbocycles. The van der Waals surface area contributed by atoms with Crippen molar-refractivity contribution in [2.45, 2.75) is 65.1 Å². The van der Waals surface area contributed by atoms with E-state index in [9.17, 15) is 17.4 Å². The summed E-state index contributed by atoms with van der Waals surface area (Å²) in [6.45, 7) is 12.3. The minimum atomic E-state index is -4.57. The predicted octanol–water partition coefficient (Wildman–Crippen LogP) is 4.45. The van der Waals surface area contributed by atoms with E-state index in [0.29, 0.717) is 5.56 Å². The van der Waals surface area contributed by atoms with Crippen LogP contribution in [0.25, 0.3) is 0 Å². The fourth-order valence-electron chi connectivity index (χ4n) is 1.37. The zero-order valence-electron chi connectivity index (χ0n) is 14.8. The fourth-order valence-corrected chi connectivity index (χ4v) is 2.61. The van der Waals surface area contributed by atoms with Crippen LogP contribution >= 0.6 is 0 Å². The molecule has 0 radical (unpaired) electrons. The fraction of sp³-hybridized carbons (Fsp3) is 0.625. The molecule has 1 aromatic carbocycles. The van der Waals surface area contributed by atoms with E-state index in [1.807, 2.05) is 27.7 Å². The van der Waals surface area contributed by atoms with E-state index in [-0.39, 0.29) is 11.5 Å². The van der Waals surface area contributed by atoms with Crippen LogP contribution in [0, 0.1) is 6.92 Å². The molecule has 136 valence electrons. The number of aliphatic hydroxyl groups excluding tert-OH is 1. The number of benzene rings is 1. The standard InChI is InChI=1S/C12H16F3NO2S.2C2H6/c1-8-4-5-10(9(6-8)12(13,14)15)19(18)16-11(2,3)7-17;2*1-2/h4-6,16-17H,7H2,1-3H3;2*1-2H3. The molecule has 0 fully saturated rings. The topological polar surface area (TPSA) is 49.3 Å². The third kappa shape index (κ3) is 8.48. The maximum absolute atomic E-state index is 12.9. The smallest absolute Gasteiger partial charge is 0.394 e. The molecule has 1 aromatic rings. The van der Waals surface area contributed by atoms with Crippen LogP contribution in [-0.4, -0.2) is 21.5 Å². The van der Waals surface area contributed by atoms with Gasteiger partial charge in [0.15, 0.2) is 0 Å². The summed E-state index contributed by atoms with van der Waals surface area (Å²) >= 11 is 0. The molecule has 1 rings (SSSR count). The highest BCUT2D eigenvalue weighted by Gasteiger charge is 2.35. The average Bonchev–Trinajstić information content (AvgIpc) is 2.50. The summed E-state index contributed by atoms with van der Waals surface area (Å²) in [5.41, 5.74) is -1.42. The Morgan fingerprint density at radius 2 is 1.61 bits per heavy atom. The van der Waals surface area contributed by atoms with Gasteiger partial charge in [-0.3, -0.25) is 0 Å². The molecule has 0 aliphatic rings. The first-order valence-electron chi connectivity index (χ1n) is 7.55. The lowest BCUT2D eigenvalue weighted by atomic mass is 10.1. The number of hydrogen-bond donors (Lipinski definition) is 2. The van der Waals surface area contributed by atoms with Crippen LogP contribution in [0.3, 0.4) is 0 Å². The molecule has 0 saturated carbocycles. The van der Waals surface area contributed by atoms with Crippen LogP contribution in [0.1, 0.15) is 52.7 Å². The number of aliphatic hydroxyl groups is 1. The number of alkyl halides is 3. The van der Waals surface area contributed by atoms with Crippen LogP contribution < -0.4 is 4.72 Å². The predicted molar refractivity (Wildman–Crippen MR) is 89.6 cm³/mol. The minimum absolute atomic E-state index is 0.334. The van der Waals surface area contributed by atoms with Crippen molar-refractivity contribution in [3.8, 4) is 0 Å². The van der Waals surface area contributed by atoms with Gasteiger partial charge in [0, 0.05) is 5.54 Å². The zero-order valence-corrected chi connectivity index (χ0v) is 15.7. The lowest BCUT2D eigenvalue weighted by Gasteiger charge is -2.23. The van der Waals surface area contributed by atoms with E-state index < -0.39 is 28.3 Å². The summed E-state index contributed by atoms with van der Waals surface area (Å²) in [4.78, 5) is -0.334. The Labute approximate surface area is 139 Å². The Hall–Kier alpha value is -0.920. The number of nitrogens with one attached hydrogen (secondary N) is 1. The van der Waals surface area contributed by atoms with Crippen molar-refractivity contribution in [3.05, 3.63) is 29.3 Å². The van der Waals surface area contributed by atoms with E-state index in [2.05, 4.69) is 4.72 Å². The second kappa shape index (κ2) is 10.8. The summed E-state index contributed by atoms with van der Waals surface area (Å²) in [6, 6.07) is 3.62. The van der Waals surface area contributed by atoms with E-state index in [0.717, 1.165) is 6.07 Å². The first kappa shape index (κ1) is 24.3. The van der Waals surface area contributed by atoms with Crippen LogP contribution in [0.15, 0.2) is 23.1 Å². The maximum atomic E-state index is 12.9. The monoisotopic (exact) mass is 355 g/mol. The molecular weight excluding hydrogens is 327 g/mol. The Balaban J connectivity index is 0. The van der Waals surface area contributed by atoms with Crippen LogP contribution in [0.5, 0.6) is 0 Å². The lowest BCUT2D eigenvalue weighted by Crippen LogP contribution is -2.43. The summed E-state index contributed by atoms with van der Waals surface area (Å²) in [5, 5.41) is 9.04. The number of hydrogen-bond acceptors (Lipinski definition) is 2. The van der Waals surface area contributed by atoms with Crippen LogP contribution in [0.4, 0.5) is 13.2 Å². The molecule has 0 spiro atoms. The van der Waals surface area contributed by atoms with Crippen molar-refractivity contribution in [1.29, 1.82) is 0 Å². The molecule has 1 atom stereocenters. The molecule has 2 N–H and O–H groups in total. The van der Waals surface area contributed by atoms with Gasteiger partial charge in [0.2, 0.25) is 0 Å². The van der Waals surface area contributed by atoms with Crippen molar-refractivity contribution >= 4 is 11.0 Å². The van der Waals surface area contributed by atoms with Gasteiger partial charge in [0.05, 0.1) is 17.1 Å². The highest BCUT2D eigenvalue weighted by molar-refractivity contribution is 7.83. The molecule has 7 heteroatoms. The number of rotatable bonds is 4. The van der Waals surface area contributed by atoms with Gasteiger partial charge >= 0.3 is 6.18 Å². The molecule has 3 nitrogen and oxygen atoms in total. The van der Waals surface area contributed by atoms with Crippen molar-refractivity contribution in [2.75, 3.05) is 6.61 Å². The highest BCUT2D eigenvalue weighted by Crippen LogP contribution is 2.34. The highest BCUT2D eigenvalue weighted by atomic mass is 32.2. The van der Waals surface area contributed by atoms with Crippen LogP contribution in [0.2, 0.25) is 0 Å². The zero-order chi connectivity index (χ0) is 18.8. The molecule has 0 heterocycles. The third-order valence-electron chi connectivity index (χ3n) is 2.40. The van der Waals surface area contributed by atoms with Gasteiger partial charge < -0.3 is 5.11 Å². The van der Waals surface area contributed by atoms with E-state index in [4.69, 9.17) is 5.11 Å². The summed E-state index contributed by atoms with van der Waals surface area (Å²) in [5.74, 6) is 0. The number of aryl methyl sites for hydroxylation is 1. The van der Waals surface area contributed by atoms with Crippen molar-refractivity contribution in [1.82, 2.24) is 4.72 Å². The SMILES string of the molecule is CC.CC.Cc1ccc(S(=O)NC(C)(C)CO)c(C(F)(F)F)c1. The molecular formula is C16H28F3NO2S. The van der Waals surface area contributed by atoms with E-state index in [1.165, 1.54) is 19.1 Å². The largest absolute Gasteiger partial charge is 0.417 e. The summed E-state index contributed by atoms with van der Waals surface area (Å²) < 4.78 is 53.1. The molecule has 0 aromatic heterocycles. The van der Waals surface area contributed by atoms with Gasteiger partial charge in [-0.15, -0.1) is 0 Å². The molecule has 1 unspecified atom stereocenters. The summed E-state index contributed by atoms with van der Waals surface area (Å²) in [7, 11) is -2.05. The maximum Gasteiger partial charge on any atom is 0.417 e. The van der Waals surface area contributed by atoms with E-state index >= 15 is 0 Å². The Morgan fingerprint density at radius 3 is 2.00 bits per heavy atom. The van der Waals surface area contributed by atoms with E-state index in [1.54, 1.807) is 13.8 Å². The second-order valence-corrected chi connectivity index (χ2v) is 6.09. The quantitative estimate of drug-likeness (QED) is 0.838. The van der Waals surface area contributed by atoms with Gasteiger partial charge in [0.25, 0.3) is 0 Å². The molecule has 23 heavy (non-hydrogen) atoms. The first-order chi connectivity index (χ1) is 10.6. The van der Waals surface area contributed by atoms with Gasteiger partial charge in [0.1, 0.15) is 11.0 Å². The first-order valence-corrected chi connectivity index (χ1v) is 8.70. The molecule has 0 bridgehead atoms. The third-order valence-corrected chi connectivity index (χ3v) is 3.90. The summed E-state index contributed by atoms with van der Waals surface area (Å²) in [6.07, 6.45) is -4.57. The van der Waals surface area contributed by atoms with Gasteiger partial charge in [-0.1, -0.05) is 39.3 Å². The minimum Gasteiger partial charge on any atom is -0.394 e. The van der Waals surface area contributed by atoms with Crippen molar-refractivity contribution in [3.63, 3.8) is 0 Å². The Bertz CT molecular complexity index is 489. The Kier molecular flexibility index (Phi) is 11.4. The van der Waals surface area contributed by atoms with Gasteiger partial charge in [-0.25, -0.2) is 8.93 Å². The normalized spacial score (nSPS) is 12.5. The lowest BCUT2D eigenvalue weighted by molar-refractivity contribution is -0.139. The van der Waals surface area contributed by atoms with Gasteiger partial charge in [-0.2, -0.15) is 13.2 Å². The number of halogens is 3. The molecule has 0 amide bonds. The van der Waals surface area contributed by atoms with Crippen molar-refractivity contribution < 1.29 is 22.5 Å². The van der Waals surface area contributed by atoms with Gasteiger partial charge in [-0.05, 0) is 32.9 Å². The van der Waals surface area contributed by atoms with Crippen LogP contribution in [-0.2, 0) is 17.2 Å².